The quantitative estimate of drug-likeness (QED) is 0.337. The van der Waals surface area contributed by atoms with Crippen LogP contribution in [-0.2, 0) is 14.6 Å². The molecular weight excluding hydrogens is 538 g/mol. The number of furan rings is 1. The van der Waals surface area contributed by atoms with Gasteiger partial charge in [0, 0.05) is 18.1 Å². The second kappa shape index (κ2) is 9.95. The van der Waals surface area contributed by atoms with Gasteiger partial charge in [0.2, 0.25) is 5.91 Å². The molecule has 3 aromatic rings. The predicted octanol–water partition coefficient (Wildman–Crippen LogP) is 5.38. The van der Waals surface area contributed by atoms with Gasteiger partial charge in [-0.15, -0.1) is 0 Å². The molecule has 1 aromatic heterocycles. The minimum atomic E-state index is -4.90. The fourth-order valence-corrected chi connectivity index (χ4v) is 4.86. The number of alkyl halides is 4. The maximum atomic E-state index is 14.5. The summed E-state index contributed by atoms with van der Waals surface area (Å²) in [5, 5.41) is 14.3. The fourth-order valence-electron chi connectivity index (χ4n) is 4.23. The van der Waals surface area contributed by atoms with Crippen molar-refractivity contribution < 1.29 is 35.2 Å². The Balaban J connectivity index is 1.65. The summed E-state index contributed by atoms with van der Waals surface area (Å²) in [6, 6.07) is 9.88. The van der Waals surface area contributed by atoms with Crippen LogP contribution in [0.1, 0.15) is 44.9 Å². The van der Waals surface area contributed by atoms with E-state index in [0.29, 0.717) is 29.4 Å². The highest BCUT2D eigenvalue weighted by Crippen LogP contribution is 2.38. The van der Waals surface area contributed by atoms with Gasteiger partial charge in [-0.2, -0.15) is 18.4 Å². The van der Waals surface area contributed by atoms with Gasteiger partial charge in [0.1, 0.15) is 22.6 Å². The molecule has 1 amide bonds. The molecule has 1 heterocycles. The second-order valence-electron chi connectivity index (χ2n) is 10.5. The molecule has 0 saturated heterocycles. The molecule has 1 saturated carbocycles. The van der Waals surface area contributed by atoms with Crippen LogP contribution in [-0.4, -0.2) is 44.0 Å². The highest BCUT2D eigenvalue weighted by Gasteiger charge is 2.49. The number of carbonyl (C=O) groups excluding carboxylic acids is 1. The smallest absolute Gasteiger partial charge is 0.411 e. The van der Waals surface area contributed by atoms with Crippen molar-refractivity contribution >= 4 is 26.7 Å². The van der Waals surface area contributed by atoms with Crippen LogP contribution in [0.4, 0.5) is 17.6 Å². The molecule has 2 N–H and O–H groups in total. The number of carbonyl (C=O) groups is 1. The summed E-state index contributed by atoms with van der Waals surface area (Å²) >= 11 is 0. The van der Waals surface area contributed by atoms with Gasteiger partial charge in [0.25, 0.3) is 0 Å². The van der Waals surface area contributed by atoms with E-state index in [1.165, 1.54) is 24.3 Å². The van der Waals surface area contributed by atoms with E-state index in [4.69, 9.17) is 4.42 Å². The molecule has 208 valence electrons. The number of sulfone groups is 1. The number of nitrogens with one attached hydrogen (secondary N) is 2. The Labute approximate surface area is 223 Å². The lowest BCUT2D eigenvalue weighted by molar-refractivity contribution is -0.165. The van der Waals surface area contributed by atoms with Crippen LogP contribution in [0.3, 0.4) is 0 Å². The highest BCUT2D eigenvalue weighted by molar-refractivity contribution is 7.90. The Hall–Kier alpha value is -3.43. The average Bonchev–Trinajstić information content (AvgIpc) is 3.47. The summed E-state index contributed by atoms with van der Waals surface area (Å²) in [5.41, 5.74) is -1.77. The normalized spacial score (nSPS) is 16.9. The van der Waals surface area contributed by atoms with Crippen LogP contribution in [0.2, 0.25) is 0 Å². The van der Waals surface area contributed by atoms with Crippen molar-refractivity contribution in [3.05, 3.63) is 54.3 Å². The lowest BCUT2D eigenvalue weighted by atomic mass is 9.98. The summed E-state index contributed by atoms with van der Waals surface area (Å²) in [7, 11) is -3.39. The third-order valence-corrected chi connectivity index (χ3v) is 7.60. The van der Waals surface area contributed by atoms with E-state index in [-0.39, 0.29) is 10.5 Å². The van der Waals surface area contributed by atoms with Crippen LogP contribution in [0.15, 0.2) is 57.8 Å². The molecule has 0 bridgehead atoms. The maximum Gasteiger partial charge on any atom is 0.411 e. The highest BCUT2D eigenvalue weighted by atomic mass is 32.2. The van der Waals surface area contributed by atoms with E-state index in [2.05, 4.69) is 10.6 Å². The number of nitrogens with zero attached hydrogens (tertiary/aromatic N) is 1. The summed E-state index contributed by atoms with van der Waals surface area (Å²) in [6.45, 7) is 2.31. The molecule has 2 atom stereocenters. The number of fused-ring (bicyclic) bond motifs is 1. The van der Waals surface area contributed by atoms with Crippen molar-refractivity contribution in [2.45, 2.75) is 67.5 Å². The Bertz CT molecular complexity index is 1530. The second-order valence-corrected chi connectivity index (χ2v) is 12.5. The molecule has 39 heavy (non-hydrogen) atoms. The lowest BCUT2D eigenvalue weighted by Crippen LogP contribution is -2.53. The molecule has 12 heteroatoms. The van der Waals surface area contributed by atoms with E-state index in [0.717, 1.165) is 20.1 Å². The summed E-state index contributed by atoms with van der Waals surface area (Å²) in [5.74, 6) is -1.41. The average molecular weight is 566 g/mol. The zero-order valence-electron chi connectivity index (χ0n) is 21.4. The summed E-state index contributed by atoms with van der Waals surface area (Å²) < 4.78 is 86.2. The van der Waals surface area contributed by atoms with Crippen molar-refractivity contribution in [3.63, 3.8) is 0 Å². The minimum Gasteiger partial charge on any atom is -0.459 e. The van der Waals surface area contributed by atoms with E-state index >= 15 is 0 Å². The molecule has 0 radical (unpaired) electrons. The number of rotatable bonds is 9. The van der Waals surface area contributed by atoms with Crippen molar-refractivity contribution in [1.29, 1.82) is 5.26 Å². The standard InChI is InChI=1S/C27H27F4N3O4S/c1-25(2,28)14-20(24(35)34-26(15-32)10-11-26)33-23(27(29,30)31)22-13-18-5-4-17(12-21(18)38-22)16-6-8-19(9-7-16)39(3,36)37/h4-9,12-13,20,23,33H,10-11,14H2,1-3H3,(H,34,35). The van der Waals surface area contributed by atoms with E-state index < -0.39 is 57.4 Å². The lowest BCUT2D eigenvalue weighted by Gasteiger charge is -2.29. The molecule has 0 spiro atoms. The summed E-state index contributed by atoms with van der Waals surface area (Å²) in [4.78, 5) is 13.0. The molecule has 1 aliphatic rings. The molecule has 0 aliphatic heterocycles. The SMILES string of the molecule is CC(C)(F)CC(NC(c1cc2ccc(-c3ccc(S(C)(=O)=O)cc3)cc2o1)C(F)(F)F)C(=O)NC1(C#N)CC1. The predicted molar refractivity (Wildman–Crippen MR) is 136 cm³/mol. The monoisotopic (exact) mass is 565 g/mol. The van der Waals surface area contributed by atoms with Gasteiger partial charge in [-0.05, 0) is 62.1 Å². The van der Waals surface area contributed by atoms with Crippen LogP contribution in [0.5, 0.6) is 0 Å². The first-order valence-corrected chi connectivity index (χ1v) is 14.0. The number of nitriles is 1. The van der Waals surface area contributed by atoms with Crippen LogP contribution in [0, 0.1) is 11.3 Å². The van der Waals surface area contributed by atoms with Crippen molar-refractivity contribution in [3.8, 4) is 17.2 Å². The van der Waals surface area contributed by atoms with Gasteiger partial charge in [-0.1, -0.05) is 24.3 Å². The van der Waals surface area contributed by atoms with Crippen LogP contribution >= 0.6 is 0 Å². The third-order valence-electron chi connectivity index (χ3n) is 6.47. The molecule has 7 nitrogen and oxygen atoms in total. The third kappa shape index (κ3) is 6.78. The number of hydrogen-bond donors (Lipinski definition) is 2. The van der Waals surface area contributed by atoms with Crippen molar-refractivity contribution in [1.82, 2.24) is 10.6 Å². The first kappa shape index (κ1) is 28.6. The molecule has 1 fully saturated rings. The molecule has 4 rings (SSSR count). The first-order valence-electron chi connectivity index (χ1n) is 12.1. The number of hydrogen-bond acceptors (Lipinski definition) is 6. The largest absolute Gasteiger partial charge is 0.459 e. The molecular formula is C27H27F4N3O4S. The van der Waals surface area contributed by atoms with E-state index in [1.807, 2.05) is 6.07 Å². The Morgan fingerprint density at radius 3 is 2.21 bits per heavy atom. The van der Waals surface area contributed by atoms with Crippen LogP contribution < -0.4 is 10.6 Å². The van der Waals surface area contributed by atoms with Crippen molar-refractivity contribution in [2.24, 2.45) is 0 Å². The van der Waals surface area contributed by atoms with Gasteiger partial charge in [-0.3, -0.25) is 10.1 Å². The maximum absolute atomic E-state index is 14.5. The Morgan fingerprint density at radius 1 is 1.08 bits per heavy atom. The number of benzene rings is 2. The van der Waals surface area contributed by atoms with E-state index in [9.17, 15) is 36.0 Å². The zero-order valence-corrected chi connectivity index (χ0v) is 22.2. The van der Waals surface area contributed by atoms with Gasteiger partial charge >= 0.3 is 6.18 Å². The number of halogens is 4. The van der Waals surface area contributed by atoms with Crippen LogP contribution in [0.25, 0.3) is 22.1 Å². The number of amides is 1. The van der Waals surface area contributed by atoms with Gasteiger partial charge in [0.05, 0.1) is 17.0 Å². The topological polar surface area (TPSA) is 112 Å². The fraction of sp³-hybridized carbons (Fsp3) is 0.407. The Kier molecular flexibility index (Phi) is 7.29. The minimum absolute atomic E-state index is 0.129. The Morgan fingerprint density at radius 2 is 1.69 bits per heavy atom. The zero-order chi connectivity index (χ0) is 28.8. The molecule has 1 aliphatic carbocycles. The molecule has 2 aromatic carbocycles. The van der Waals surface area contributed by atoms with Gasteiger partial charge in [0.15, 0.2) is 15.9 Å². The summed E-state index contributed by atoms with van der Waals surface area (Å²) in [6.07, 6.45) is -3.65. The van der Waals surface area contributed by atoms with E-state index in [1.54, 1.807) is 24.3 Å². The van der Waals surface area contributed by atoms with Gasteiger partial charge in [-0.25, -0.2) is 12.8 Å². The molecule has 2 unspecified atom stereocenters. The van der Waals surface area contributed by atoms with Gasteiger partial charge < -0.3 is 9.73 Å². The first-order chi connectivity index (χ1) is 18.0. The van der Waals surface area contributed by atoms with Crippen molar-refractivity contribution in [2.75, 3.05) is 6.26 Å².